The average Bonchev–Trinajstić information content (AvgIpc) is 3.51. The average molecular weight is 533 g/mol. The molecule has 4 heterocycles. The monoisotopic (exact) mass is 532 g/mol. The molecular formula is C27H28N6O4S. The lowest BCUT2D eigenvalue weighted by molar-refractivity contribution is 0.0690. The third-order valence-corrected chi connectivity index (χ3v) is 8.42. The SMILES string of the molecule is CN(C)c1ccc(-c2ccnc(NC3COC4C(NS(=O)(=O)c5cccc6cccnc56)COC34)n2)cc1. The van der Waals surface area contributed by atoms with Gasteiger partial charge in [0.2, 0.25) is 16.0 Å². The fraction of sp³-hybridized carbons (Fsp3) is 0.296. The second kappa shape index (κ2) is 9.91. The molecule has 2 saturated heterocycles. The van der Waals surface area contributed by atoms with Crippen molar-refractivity contribution in [2.45, 2.75) is 29.2 Å². The van der Waals surface area contributed by atoms with Crippen molar-refractivity contribution in [2.75, 3.05) is 37.5 Å². The lowest BCUT2D eigenvalue weighted by Gasteiger charge is -2.19. The Morgan fingerprint density at radius 1 is 0.868 bits per heavy atom. The highest BCUT2D eigenvalue weighted by Crippen LogP contribution is 2.31. The number of nitrogens with zero attached hydrogens (tertiary/aromatic N) is 4. The van der Waals surface area contributed by atoms with E-state index in [2.05, 4.69) is 25.0 Å². The minimum absolute atomic E-state index is 0.135. The Balaban J connectivity index is 1.15. The third kappa shape index (κ3) is 4.69. The third-order valence-electron chi connectivity index (χ3n) is 6.89. The Labute approximate surface area is 221 Å². The Morgan fingerprint density at radius 3 is 2.39 bits per heavy atom. The van der Waals surface area contributed by atoms with E-state index < -0.39 is 22.2 Å². The molecule has 0 spiro atoms. The Morgan fingerprint density at radius 2 is 1.61 bits per heavy atom. The first-order valence-electron chi connectivity index (χ1n) is 12.4. The number of aromatic nitrogens is 3. The van der Waals surface area contributed by atoms with Crippen LogP contribution >= 0.6 is 0 Å². The van der Waals surface area contributed by atoms with Crippen LogP contribution in [0.15, 0.2) is 78.0 Å². The van der Waals surface area contributed by atoms with Crippen LogP contribution in [0.3, 0.4) is 0 Å². The first-order valence-corrected chi connectivity index (χ1v) is 13.8. The second-order valence-electron chi connectivity index (χ2n) is 9.61. The topological polar surface area (TPSA) is 119 Å². The van der Waals surface area contributed by atoms with Gasteiger partial charge in [-0.05, 0) is 30.3 Å². The summed E-state index contributed by atoms with van der Waals surface area (Å²) in [4.78, 5) is 15.5. The van der Waals surface area contributed by atoms with Crippen molar-refractivity contribution < 1.29 is 17.9 Å². The standard InChI is InChI=1S/C27H28N6O4S/c1-33(2)19-10-8-17(9-11-19)20-12-14-29-27(30-20)31-21-15-36-26-22(16-37-25(21)26)32-38(34,35)23-7-3-5-18-6-4-13-28-24(18)23/h3-14,21-22,25-26,32H,15-16H2,1-2H3,(H,29,30,31). The molecule has 6 rings (SSSR count). The molecule has 0 aliphatic carbocycles. The molecule has 4 aromatic rings. The van der Waals surface area contributed by atoms with Gasteiger partial charge >= 0.3 is 0 Å². The summed E-state index contributed by atoms with van der Waals surface area (Å²) in [6.07, 6.45) is 2.51. The molecule has 4 atom stereocenters. The van der Waals surface area contributed by atoms with Crippen LogP contribution in [0.4, 0.5) is 11.6 Å². The van der Waals surface area contributed by atoms with Gasteiger partial charge < -0.3 is 19.7 Å². The van der Waals surface area contributed by atoms with E-state index in [1.165, 1.54) is 0 Å². The summed E-state index contributed by atoms with van der Waals surface area (Å²) in [5.74, 6) is 0.461. The summed E-state index contributed by atoms with van der Waals surface area (Å²) in [5, 5.41) is 4.08. The highest BCUT2D eigenvalue weighted by atomic mass is 32.2. The van der Waals surface area contributed by atoms with Crippen LogP contribution < -0.4 is 14.9 Å². The Bertz CT molecular complexity index is 1560. The maximum absolute atomic E-state index is 13.3. The molecule has 2 aromatic heterocycles. The summed E-state index contributed by atoms with van der Waals surface area (Å²) in [6, 6.07) is 18.0. The predicted octanol–water partition coefficient (Wildman–Crippen LogP) is 2.68. The first kappa shape index (κ1) is 24.7. The zero-order valence-corrected chi connectivity index (χ0v) is 21.8. The molecule has 2 aromatic carbocycles. The largest absolute Gasteiger partial charge is 0.378 e. The molecule has 0 saturated carbocycles. The predicted molar refractivity (Wildman–Crippen MR) is 145 cm³/mol. The number of para-hydroxylation sites is 1. The van der Waals surface area contributed by atoms with Gasteiger partial charge in [-0.2, -0.15) is 0 Å². The Kier molecular flexibility index (Phi) is 6.44. The van der Waals surface area contributed by atoms with E-state index in [1.54, 1.807) is 30.6 Å². The molecule has 2 N–H and O–H groups in total. The van der Waals surface area contributed by atoms with E-state index in [0.29, 0.717) is 18.1 Å². The zero-order chi connectivity index (χ0) is 26.3. The molecule has 4 unspecified atom stereocenters. The summed E-state index contributed by atoms with van der Waals surface area (Å²) in [5.41, 5.74) is 3.31. The number of hydrogen-bond donors (Lipinski definition) is 2. The molecule has 0 amide bonds. The van der Waals surface area contributed by atoms with E-state index in [0.717, 1.165) is 22.3 Å². The molecule has 196 valence electrons. The number of anilines is 2. The van der Waals surface area contributed by atoms with Crippen molar-refractivity contribution in [3.8, 4) is 11.3 Å². The molecule has 38 heavy (non-hydrogen) atoms. The van der Waals surface area contributed by atoms with Gasteiger partial charge in [-0.1, -0.05) is 30.3 Å². The molecule has 0 radical (unpaired) electrons. The fourth-order valence-corrected chi connectivity index (χ4v) is 6.38. The van der Waals surface area contributed by atoms with E-state index in [9.17, 15) is 8.42 Å². The van der Waals surface area contributed by atoms with Gasteiger partial charge in [0.25, 0.3) is 0 Å². The number of hydrogen-bond acceptors (Lipinski definition) is 9. The molecule has 2 fully saturated rings. The summed E-state index contributed by atoms with van der Waals surface area (Å²) >= 11 is 0. The number of benzene rings is 2. The van der Waals surface area contributed by atoms with Gasteiger partial charge in [-0.3, -0.25) is 4.98 Å². The van der Waals surface area contributed by atoms with E-state index >= 15 is 0 Å². The molecule has 2 aliphatic heterocycles. The van der Waals surface area contributed by atoms with Crippen LogP contribution in [0.5, 0.6) is 0 Å². The Hall–Kier alpha value is -3.64. The van der Waals surface area contributed by atoms with Gasteiger partial charge in [-0.15, -0.1) is 0 Å². The van der Waals surface area contributed by atoms with Gasteiger partial charge in [0.15, 0.2) is 0 Å². The molecular weight excluding hydrogens is 504 g/mol. The molecule has 11 heteroatoms. The fourth-order valence-electron chi connectivity index (χ4n) is 4.97. The van der Waals surface area contributed by atoms with Crippen LogP contribution in [-0.2, 0) is 19.5 Å². The van der Waals surface area contributed by atoms with Crippen molar-refractivity contribution in [1.29, 1.82) is 0 Å². The van der Waals surface area contributed by atoms with Crippen molar-refractivity contribution in [3.63, 3.8) is 0 Å². The molecule has 0 bridgehead atoms. The molecule has 2 aliphatic rings. The van der Waals surface area contributed by atoms with Crippen molar-refractivity contribution in [3.05, 3.63) is 73.1 Å². The summed E-state index contributed by atoms with van der Waals surface area (Å²) in [7, 11) is 0.149. The number of fused-ring (bicyclic) bond motifs is 2. The smallest absolute Gasteiger partial charge is 0.243 e. The van der Waals surface area contributed by atoms with Gasteiger partial charge in [0, 0.05) is 43.1 Å². The number of nitrogens with one attached hydrogen (secondary N) is 2. The first-order chi connectivity index (χ1) is 18.4. The number of sulfonamides is 1. The normalized spacial score (nSPS) is 22.9. The van der Waals surface area contributed by atoms with Crippen molar-refractivity contribution in [2.24, 2.45) is 0 Å². The van der Waals surface area contributed by atoms with Gasteiger partial charge in [-0.25, -0.2) is 23.1 Å². The zero-order valence-electron chi connectivity index (χ0n) is 21.0. The van der Waals surface area contributed by atoms with Crippen LogP contribution in [0, 0.1) is 0 Å². The van der Waals surface area contributed by atoms with Crippen molar-refractivity contribution >= 4 is 32.6 Å². The number of rotatable bonds is 7. The minimum atomic E-state index is -3.85. The van der Waals surface area contributed by atoms with E-state index in [1.807, 2.05) is 61.5 Å². The minimum Gasteiger partial charge on any atom is -0.378 e. The summed E-state index contributed by atoms with van der Waals surface area (Å²) < 4.78 is 41.4. The quantitative estimate of drug-likeness (QED) is 0.370. The van der Waals surface area contributed by atoms with Gasteiger partial charge in [0.1, 0.15) is 17.1 Å². The summed E-state index contributed by atoms with van der Waals surface area (Å²) in [6.45, 7) is 0.540. The maximum Gasteiger partial charge on any atom is 0.243 e. The van der Waals surface area contributed by atoms with Crippen molar-refractivity contribution in [1.82, 2.24) is 19.7 Å². The maximum atomic E-state index is 13.3. The highest BCUT2D eigenvalue weighted by Gasteiger charge is 2.49. The number of pyridine rings is 1. The van der Waals surface area contributed by atoms with Crippen LogP contribution in [0.2, 0.25) is 0 Å². The second-order valence-corrected chi connectivity index (χ2v) is 11.3. The van der Waals surface area contributed by atoms with Crippen LogP contribution in [0.1, 0.15) is 0 Å². The van der Waals surface area contributed by atoms with E-state index in [-0.39, 0.29) is 23.6 Å². The highest BCUT2D eigenvalue weighted by molar-refractivity contribution is 7.89. The van der Waals surface area contributed by atoms with Crippen LogP contribution in [0.25, 0.3) is 22.2 Å². The number of ether oxygens (including phenoxy) is 2. The van der Waals surface area contributed by atoms with Gasteiger partial charge in [0.05, 0.1) is 36.5 Å². The van der Waals surface area contributed by atoms with Crippen LogP contribution in [-0.4, -0.2) is 75.0 Å². The lowest BCUT2D eigenvalue weighted by atomic mass is 10.1. The molecule has 10 nitrogen and oxygen atoms in total. The van der Waals surface area contributed by atoms with E-state index in [4.69, 9.17) is 9.47 Å². The lowest BCUT2D eigenvalue weighted by Crippen LogP contribution is -2.44.